The van der Waals surface area contributed by atoms with Gasteiger partial charge in [0.1, 0.15) is 29.8 Å². The number of phenols is 2. The van der Waals surface area contributed by atoms with Crippen molar-refractivity contribution in [3.63, 3.8) is 0 Å². The molecule has 1 heterocycles. The van der Waals surface area contributed by atoms with Crippen LogP contribution in [0.25, 0.3) is 0 Å². The van der Waals surface area contributed by atoms with E-state index in [0.717, 1.165) is 19.3 Å². The first-order chi connectivity index (χ1) is 26.1. The minimum absolute atomic E-state index is 0.00805. The van der Waals surface area contributed by atoms with E-state index in [0.29, 0.717) is 5.69 Å². The number of rotatable bonds is 7. The van der Waals surface area contributed by atoms with Crippen LogP contribution in [0.4, 0.5) is 5.69 Å². The van der Waals surface area contributed by atoms with E-state index in [1.54, 1.807) is 37.3 Å². The second-order valence-corrected chi connectivity index (χ2v) is 13.9. The number of hydrogen-bond donors (Lipinski definition) is 7. The van der Waals surface area contributed by atoms with Crippen LogP contribution in [0.5, 0.6) is 11.5 Å². The largest absolute Gasteiger partial charge is 0.507 e. The Bertz CT molecular complexity index is 2220. The van der Waals surface area contributed by atoms with Gasteiger partial charge in [-0.15, -0.1) is 0 Å². The van der Waals surface area contributed by atoms with Gasteiger partial charge in [0.05, 0.1) is 34.6 Å². The molecular weight excluding hydrogens is 720 g/mol. The number of aromatic hydroxyl groups is 2. The number of carbonyl (C=O) groups is 5. The summed E-state index contributed by atoms with van der Waals surface area (Å²) in [5.74, 6) is -7.41. The molecule has 1 amide bonds. The minimum atomic E-state index is -3.25. The molecule has 55 heavy (non-hydrogen) atoms. The lowest BCUT2D eigenvalue weighted by molar-refractivity contribution is -0.236. The van der Waals surface area contributed by atoms with E-state index < -0.39 is 123 Å². The van der Waals surface area contributed by atoms with Crippen molar-refractivity contribution in [1.82, 2.24) is 5.32 Å². The van der Waals surface area contributed by atoms with E-state index >= 15 is 0 Å². The Labute approximate surface area is 313 Å². The number of para-hydroxylation sites is 1. The van der Waals surface area contributed by atoms with Crippen molar-refractivity contribution >= 4 is 34.7 Å². The number of Topliss-reactive ketones (excluding diaryl/α,β-unsaturated/α-hetero) is 3. The molecule has 3 aromatic rings. The van der Waals surface area contributed by atoms with Gasteiger partial charge >= 0.3 is 0 Å². The van der Waals surface area contributed by atoms with E-state index in [1.165, 1.54) is 27.2 Å². The van der Waals surface area contributed by atoms with Crippen molar-refractivity contribution < 1.29 is 68.5 Å². The number of anilines is 1. The molecule has 7 N–H and O–H groups in total. The fourth-order valence-corrected chi connectivity index (χ4v) is 8.49. The lowest BCUT2D eigenvalue weighted by Gasteiger charge is -2.53. The van der Waals surface area contributed by atoms with E-state index in [1.807, 2.05) is 0 Å². The second-order valence-electron chi connectivity index (χ2n) is 13.9. The minimum Gasteiger partial charge on any atom is -0.507 e. The van der Waals surface area contributed by atoms with Crippen molar-refractivity contribution in [3.8, 4) is 11.5 Å². The maximum absolute atomic E-state index is 14.8. The molecule has 1 fully saturated rings. The zero-order valence-electron chi connectivity index (χ0n) is 30.2. The van der Waals surface area contributed by atoms with Gasteiger partial charge in [-0.2, -0.15) is 0 Å². The highest BCUT2D eigenvalue weighted by molar-refractivity contribution is 6.31. The third-order valence-electron chi connectivity index (χ3n) is 11.0. The zero-order chi connectivity index (χ0) is 39.9. The average Bonchev–Trinajstić information content (AvgIpc) is 3.13. The highest BCUT2D eigenvalue weighted by Crippen LogP contribution is 2.56. The smallest absolute Gasteiger partial charge is 0.259 e. The molecule has 0 saturated carbocycles. The first-order valence-corrected chi connectivity index (χ1v) is 17.2. The lowest BCUT2D eigenvalue weighted by atomic mass is 9.56. The third-order valence-corrected chi connectivity index (χ3v) is 11.0. The maximum Gasteiger partial charge on any atom is 0.259 e. The van der Waals surface area contributed by atoms with Crippen LogP contribution in [-0.4, -0.2) is 118 Å². The van der Waals surface area contributed by atoms with E-state index in [4.69, 9.17) is 18.9 Å². The Morgan fingerprint density at radius 2 is 1.58 bits per heavy atom. The Hall–Kier alpha value is -5.33. The van der Waals surface area contributed by atoms with Gasteiger partial charge in [0, 0.05) is 56.2 Å². The summed E-state index contributed by atoms with van der Waals surface area (Å²) in [4.78, 5) is 70.7. The molecule has 8 atom stereocenters. The van der Waals surface area contributed by atoms with Crippen LogP contribution in [0.2, 0.25) is 0 Å². The summed E-state index contributed by atoms with van der Waals surface area (Å²) in [6.07, 6.45) is -6.58. The molecule has 0 radical (unpaired) electrons. The summed E-state index contributed by atoms with van der Waals surface area (Å²) in [6, 6.07) is 10.5. The standard InChI is InChI=1S/C39H38N2O14/c1-15-11-17-12-23(43)39(54-5)35(49)26-20(34(48)38(39,51)27(17)30(46)24(15)36(50)40-18-9-7-6-8-10-18)13-19-25(29(26)45)22(42)14-21(28(19)44)41-37-33(53-4)31(47)32(52-3)16(2)55-37/h6-11,13-14,16,23,31-33,37,41,43,45-47,51H,12H2,1-5H3,(H,40,50)/t16-,23+,31+,32-,33+,37-,38-,39+/m0/s1. The fraction of sp³-hybridized carbons (Fsp3) is 0.359. The maximum atomic E-state index is 14.8. The van der Waals surface area contributed by atoms with E-state index in [2.05, 4.69) is 10.6 Å². The number of nitrogens with one attached hydrogen (secondary N) is 2. The zero-order valence-corrected chi connectivity index (χ0v) is 30.2. The van der Waals surface area contributed by atoms with Gasteiger partial charge in [-0.3, -0.25) is 24.0 Å². The van der Waals surface area contributed by atoms with Crippen molar-refractivity contribution in [2.75, 3.05) is 26.6 Å². The molecule has 3 aliphatic carbocycles. The number of benzene rings is 3. The molecule has 0 spiro atoms. The number of hydrogen-bond acceptors (Lipinski definition) is 15. The van der Waals surface area contributed by atoms with Crippen LogP contribution in [0.3, 0.4) is 0 Å². The number of aliphatic hydroxyl groups is 3. The van der Waals surface area contributed by atoms with Gasteiger partial charge in [-0.05, 0) is 43.2 Å². The van der Waals surface area contributed by atoms with Crippen LogP contribution < -0.4 is 10.6 Å². The number of aryl methyl sites for hydroxylation is 1. The molecular formula is C39H38N2O14. The molecule has 0 bridgehead atoms. The predicted octanol–water partition coefficient (Wildman–Crippen LogP) is 1.22. The number of carbonyl (C=O) groups excluding carboxylic acids is 5. The van der Waals surface area contributed by atoms with E-state index in [9.17, 15) is 49.5 Å². The number of amides is 1. The highest BCUT2D eigenvalue weighted by Gasteiger charge is 2.72. The van der Waals surface area contributed by atoms with Crippen LogP contribution in [0.15, 0.2) is 54.2 Å². The Balaban J connectivity index is 1.35. The van der Waals surface area contributed by atoms with Crippen LogP contribution in [0, 0.1) is 6.92 Å². The normalized spacial score (nSPS) is 29.8. The number of aliphatic hydroxyl groups excluding tert-OH is 2. The summed E-state index contributed by atoms with van der Waals surface area (Å²) >= 11 is 0. The van der Waals surface area contributed by atoms with Crippen molar-refractivity contribution in [2.45, 2.75) is 68.2 Å². The number of fused-ring (bicyclic) bond motifs is 5. The van der Waals surface area contributed by atoms with Crippen LogP contribution in [0.1, 0.15) is 75.4 Å². The highest BCUT2D eigenvalue weighted by atomic mass is 16.6. The molecule has 0 aromatic heterocycles. The summed E-state index contributed by atoms with van der Waals surface area (Å²) in [5.41, 5.74) is -9.63. The van der Waals surface area contributed by atoms with Gasteiger partial charge in [0.25, 0.3) is 5.91 Å². The van der Waals surface area contributed by atoms with Gasteiger partial charge in [-0.25, -0.2) is 0 Å². The van der Waals surface area contributed by atoms with Crippen molar-refractivity contribution in [2.24, 2.45) is 0 Å². The number of methoxy groups -OCH3 is 3. The third kappa shape index (κ3) is 5.21. The quantitative estimate of drug-likeness (QED) is 0.179. The van der Waals surface area contributed by atoms with Gasteiger partial charge in [-0.1, -0.05) is 24.3 Å². The fourth-order valence-electron chi connectivity index (χ4n) is 8.49. The summed E-state index contributed by atoms with van der Waals surface area (Å²) in [7, 11) is 3.60. The first-order valence-electron chi connectivity index (χ1n) is 17.2. The number of phenolic OH excluding ortho intramolecular Hbond substituents is 2. The molecule has 1 saturated heterocycles. The van der Waals surface area contributed by atoms with Crippen molar-refractivity contribution in [3.05, 3.63) is 98.7 Å². The molecule has 3 aromatic carbocycles. The molecule has 288 valence electrons. The Morgan fingerprint density at radius 3 is 2.22 bits per heavy atom. The second kappa shape index (κ2) is 13.5. The molecule has 4 aliphatic rings. The van der Waals surface area contributed by atoms with Gasteiger partial charge in [0.2, 0.25) is 17.3 Å². The molecule has 7 rings (SSSR count). The first kappa shape index (κ1) is 38.0. The van der Waals surface area contributed by atoms with Crippen LogP contribution >= 0.6 is 0 Å². The summed E-state index contributed by atoms with van der Waals surface area (Å²) < 4.78 is 22.2. The Morgan fingerprint density at radius 1 is 0.909 bits per heavy atom. The lowest BCUT2D eigenvalue weighted by Crippen LogP contribution is -2.73. The SMILES string of the molecule is CO[C@@H]1[C@@H](O)[C@@H](OC)[C@@H](NC2=CC(=O)c3c(cc4c(c3O)C(=O)[C@]3(OC)[C@H](O)Cc5cc(C)c(C(=O)Nc6ccccc6)c(O)c5[C@]3(O)C4=O)C2=O)O[C@H]1C. The monoisotopic (exact) mass is 758 g/mol. The topological polar surface area (TPSA) is 247 Å². The Kier molecular flexibility index (Phi) is 9.29. The summed E-state index contributed by atoms with van der Waals surface area (Å²) in [5, 5.41) is 63.9. The van der Waals surface area contributed by atoms with Gasteiger partial charge < -0.3 is 55.1 Å². The average molecular weight is 759 g/mol. The number of ketones is 4. The molecule has 1 aliphatic heterocycles. The van der Waals surface area contributed by atoms with Gasteiger partial charge in [0.15, 0.2) is 23.2 Å². The molecule has 16 heteroatoms. The molecule has 0 unspecified atom stereocenters. The van der Waals surface area contributed by atoms with Crippen LogP contribution in [-0.2, 0) is 31.0 Å². The predicted molar refractivity (Wildman–Crippen MR) is 189 cm³/mol. The molecule has 16 nitrogen and oxygen atoms in total. The van der Waals surface area contributed by atoms with Crippen molar-refractivity contribution in [1.29, 1.82) is 0 Å². The summed E-state index contributed by atoms with van der Waals surface area (Å²) in [6.45, 7) is 3.11. The number of ether oxygens (including phenoxy) is 4. The van der Waals surface area contributed by atoms with E-state index in [-0.39, 0.29) is 22.4 Å². The number of allylic oxidation sites excluding steroid dienone is 2.